The summed E-state index contributed by atoms with van der Waals surface area (Å²) in [5, 5.41) is 5.82. The quantitative estimate of drug-likeness (QED) is 0.827. The molecule has 0 saturated carbocycles. The fourth-order valence-corrected chi connectivity index (χ4v) is 4.34. The number of thiazole rings is 1. The molecule has 7 heteroatoms. The van der Waals surface area contributed by atoms with Crippen LogP contribution in [0.1, 0.15) is 47.2 Å². The minimum absolute atomic E-state index is 0.0394. The van der Waals surface area contributed by atoms with Gasteiger partial charge in [0.15, 0.2) is 0 Å². The number of methoxy groups -OCH3 is 1. The minimum Gasteiger partial charge on any atom is -0.497 e. The summed E-state index contributed by atoms with van der Waals surface area (Å²) in [6.45, 7) is 4.64. The van der Waals surface area contributed by atoms with Gasteiger partial charge in [0.1, 0.15) is 11.4 Å². The van der Waals surface area contributed by atoms with Crippen LogP contribution < -0.4 is 10.1 Å². The van der Waals surface area contributed by atoms with Crippen LogP contribution in [0, 0.1) is 0 Å². The van der Waals surface area contributed by atoms with Crippen molar-refractivity contribution in [2.45, 2.75) is 38.6 Å². The molecule has 1 aromatic carbocycles. The van der Waals surface area contributed by atoms with Crippen LogP contribution in [-0.4, -0.2) is 47.9 Å². The van der Waals surface area contributed by atoms with Crippen molar-refractivity contribution in [3.63, 3.8) is 0 Å². The number of likely N-dealkylation sites (tertiary alicyclic amines) is 1. The van der Waals surface area contributed by atoms with E-state index in [4.69, 9.17) is 4.74 Å². The Bertz CT molecular complexity index is 803. The van der Waals surface area contributed by atoms with Crippen LogP contribution >= 0.6 is 11.3 Å². The molecule has 0 spiro atoms. The topological polar surface area (TPSA) is 71.5 Å². The second kappa shape index (κ2) is 8.52. The predicted octanol–water partition coefficient (Wildman–Crippen LogP) is 2.85. The molecule has 1 fully saturated rings. The van der Waals surface area contributed by atoms with Crippen LogP contribution in [-0.2, 0) is 11.2 Å². The van der Waals surface area contributed by atoms with Crippen LogP contribution in [0.15, 0.2) is 29.6 Å². The molecule has 2 heterocycles. The maximum atomic E-state index is 12.9. The molecule has 1 aliphatic heterocycles. The monoisotopic (exact) mass is 387 g/mol. The molecule has 2 amide bonds. The van der Waals surface area contributed by atoms with Gasteiger partial charge in [-0.15, -0.1) is 11.3 Å². The zero-order chi connectivity index (χ0) is 19.4. The van der Waals surface area contributed by atoms with E-state index < -0.39 is 0 Å². The number of carbonyl (C=O) groups is 2. The average molecular weight is 388 g/mol. The highest BCUT2D eigenvalue weighted by atomic mass is 32.1. The van der Waals surface area contributed by atoms with Crippen LogP contribution in [0.5, 0.6) is 5.75 Å². The van der Waals surface area contributed by atoms with Gasteiger partial charge < -0.3 is 15.0 Å². The summed E-state index contributed by atoms with van der Waals surface area (Å²) >= 11 is 1.53. The van der Waals surface area contributed by atoms with Gasteiger partial charge in [-0.3, -0.25) is 9.59 Å². The van der Waals surface area contributed by atoms with Crippen molar-refractivity contribution in [2.75, 3.05) is 20.2 Å². The Morgan fingerprint density at radius 3 is 2.67 bits per heavy atom. The molecule has 3 rings (SSSR count). The number of hydrogen-bond acceptors (Lipinski definition) is 5. The molecule has 6 nitrogen and oxygen atoms in total. The Hall–Kier alpha value is -2.41. The first kappa shape index (κ1) is 19.4. The van der Waals surface area contributed by atoms with Crippen molar-refractivity contribution in [1.29, 1.82) is 0 Å². The molecule has 1 aliphatic rings. The fourth-order valence-electron chi connectivity index (χ4n) is 3.47. The number of hydrogen-bond donors (Lipinski definition) is 1. The highest BCUT2D eigenvalue weighted by Gasteiger charge is 2.37. The first-order valence-electron chi connectivity index (χ1n) is 9.16. The van der Waals surface area contributed by atoms with Crippen molar-refractivity contribution in [3.8, 4) is 5.75 Å². The molecule has 0 radical (unpaired) electrons. The second-order valence-corrected chi connectivity index (χ2v) is 7.72. The van der Waals surface area contributed by atoms with E-state index in [2.05, 4.69) is 17.2 Å². The van der Waals surface area contributed by atoms with Crippen molar-refractivity contribution in [1.82, 2.24) is 15.2 Å². The summed E-state index contributed by atoms with van der Waals surface area (Å²) in [6.07, 6.45) is 1.90. The maximum absolute atomic E-state index is 12.9. The van der Waals surface area contributed by atoms with Crippen LogP contribution in [0.3, 0.4) is 0 Å². The van der Waals surface area contributed by atoms with E-state index in [9.17, 15) is 9.59 Å². The van der Waals surface area contributed by atoms with Crippen molar-refractivity contribution >= 4 is 23.2 Å². The number of aryl methyl sites for hydroxylation is 1. The lowest BCUT2D eigenvalue weighted by atomic mass is 9.94. The number of amides is 2. The fraction of sp³-hybridized carbons (Fsp3) is 0.450. The van der Waals surface area contributed by atoms with Crippen LogP contribution in [0.25, 0.3) is 0 Å². The molecule has 1 aromatic heterocycles. The molecule has 2 aromatic rings. The third-order valence-corrected chi connectivity index (χ3v) is 5.68. The summed E-state index contributed by atoms with van der Waals surface area (Å²) in [7, 11) is 1.63. The van der Waals surface area contributed by atoms with Crippen molar-refractivity contribution in [2.24, 2.45) is 0 Å². The Balaban J connectivity index is 1.78. The molecule has 0 bridgehead atoms. The van der Waals surface area contributed by atoms with E-state index >= 15 is 0 Å². The number of carbonyl (C=O) groups excluding carboxylic acids is 2. The van der Waals surface area contributed by atoms with Gasteiger partial charge in [0, 0.05) is 31.3 Å². The van der Waals surface area contributed by atoms with E-state index in [0.717, 1.165) is 29.2 Å². The van der Waals surface area contributed by atoms with E-state index in [1.165, 1.54) is 18.3 Å². The normalized spacial score (nSPS) is 19.1. The smallest absolute Gasteiger partial charge is 0.273 e. The standard InChI is InChI=1S/C20H25N3O3S/c1-4-5-19-22-18(12-27-19)20(25)23-10-16(17(11-23)21-13(2)24)14-6-8-15(26-3)9-7-14/h6-9,12,16-17H,4-5,10-11H2,1-3H3,(H,21,24). The number of nitrogens with zero attached hydrogens (tertiary/aromatic N) is 2. The van der Waals surface area contributed by atoms with Crippen molar-refractivity contribution in [3.05, 3.63) is 45.9 Å². The van der Waals surface area contributed by atoms with Crippen molar-refractivity contribution < 1.29 is 14.3 Å². The van der Waals surface area contributed by atoms with Crippen LogP contribution in [0.2, 0.25) is 0 Å². The maximum Gasteiger partial charge on any atom is 0.273 e. The van der Waals surface area contributed by atoms with Gasteiger partial charge in [0.05, 0.1) is 18.2 Å². The summed E-state index contributed by atoms with van der Waals surface area (Å²) < 4.78 is 5.22. The third-order valence-electron chi connectivity index (χ3n) is 4.77. The Kier molecular flexibility index (Phi) is 6.11. The molecule has 1 saturated heterocycles. The SMILES string of the molecule is CCCc1nc(C(=O)N2CC(NC(C)=O)C(c3ccc(OC)cc3)C2)cs1. The van der Waals surface area contributed by atoms with Gasteiger partial charge in [-0.2, -0.15) is 0 Å². The molecule has 0 aliphatic carbocycles. The molecule has 1 N–H and O–H groups in total. The van der Waals surface area contributed by atoms with E-state index in [0.29, 0.717) is 18.8 Å². The average Bonchev–Trinajstić information content (AvgIpc) is 3.28. The lowest BCUT2D eigenvalue weighted by Gasteiger charge is -2.19. The van der Waals surface area contributed by atoms with Gasteiger partial charge >= 0.3 is 0 Å². The van der Waals surface area contributed by atoms with Gasteiger partial charge in [0.2, 0.25) is 5.91 Å². The predicted molar refractivity (Wildman–Crippen MR) is 105 cm³/mol. The van der Waals surface area contributed by atoms with E-state index in [1.807, 2.05) is 29.6 Å². The van der Waals surface area contributed by atoms with Gasteiger partial charge in [-0.1, -0.05) is 19.1 Å². The summed E-state index contributed by atoms with van der Waals surface area (Å²) in [5.74, 6) is 0.663. The Labute approximate surface area is 163 Å². The highest BCUT2D eigenvalue weighted by Crippen LogP contribution is 2.30. The first-order valence-corrected chi connectivity index (χ1v) is 10.0. The molecular formula is C20H25N3O3S. The van der Waals surface area contributed by atoms with E-state index in [-0.39, 0.29) is 23.8 Å². The molecule has 144 valence electrons. The number of benzene rings is 1. The number of nitrogens with one attached hydrogen (secondary N) is 1. The first-order chi connectivity index (χ1) is 13.0. The number of aromatic nitrogens is 1. The molecule has 27 heavy (non-hydrogen) atoms. The Morgan fingerprint density at radius 2 is 2.04 bits per heavy atom. The summed E-state index contributed by atoms with van der Waals surface area (Å²) in [4.78, 5) is 30.8. The lowest BCUT2D eigenvalue weighted by molar-refractivity contribution is -0.119. The lowest BCUT2D eigenvalue weighted by Crippen LogP contribution is -2.39. The Morgan fingerprint density at radius 1 is 1.30 bits per heavy atom. The van der Waals surface area contributed by atoms with E-state index in [1.54, 1.807) is 12.0 Å². The van der Waals surface area contributed by atoms with Gasteiger partial charge in [0.25, 0.3) is 5.91 Å². The van der Waals surface area contributed by atoms with Gasteiger partial charge in [-0.05, 0) is 30.5 Å². The summed E-state index contributed by atoms with van der Waals surface area (Å²) in [6, 6.07) is 7.68. The number of ether oxygens (including phenoxy) is 1. The molecular weight excluding hydrogens is 362 g/mol. The zero-order valence-electron chi connectivity index (χ0n) is 15.9. The molecule has 2 atom stereocenters. The highest BCUT2D eigenvalue weighted by molar-refractivity contribution is 7.09. The summed E-state index contributed by atoms with van der Waals surface area (Å²) in [5.41, 5.74) is 1.58. The largest absolute Gasteiger partial charge is 0.497 e. The molecule has 2 unspecified atom stereocenters. The van der Waals surface area contributed by atoms with Gasteiger partial charge in [-0.25, -0.2) is 4.98 Å². The minimum atomic E-state index is -0.117. The number of rotatable bonds is 6. The zero-order valence-corrected chi connectivity index (χ0v) is 16.7. The third kappa shape index (κ3) is 4.47. The second-order valence-electron chi connectivity index (χ2n) is 6.77. The van der Waals surface area contributed by atoms with Crippen LogP contribution in [0.4, 0.5) is 0 Å².